The molecule has 1 aliphatic rings. The molecule has 146 valence electrons. The van der Waals surface area contributed by atoms with Gasteiger partial charge in [-0.05, 0) is 52.1 Å². The lowest BCUT2D eigenvalue weighted by Gasteiger charge is -2.32. The Morgan fingerprint density at radius 2 is 2.08 bits per heavy atom. The number of guanidine groups is 1. The summed E-state index contributed by atoms with van der Waals surface area (Å²) in [6, 6.07) is 4.44. The average molecular weight is 362 g/mol. The third-order valence-electron chi connectivity index (χ3n) is 4.39. The van der Waals surface area contributed by atoms with Gasteiger partial charge >= 0.3 is 0 Å². The Balaban J connectivity index is 1.86. The van der Waals surface area contributed by atoms with Crippen molar-refractivity contribution in [3.8, 4) is 5.88 Å². The third kappa shape index (κ3) is 7.20. The molecule has 0 radical (unpaired) electrons. The summed E-state index contributed by atoms with van der Waals surface area (Å²) in [5.41, 5.74) is 1.08. The van der Waals surface area contributed by atoms with E-state index in [1.807, 2.05) is 32.2 Å². The number of piperidine rings is 1. The van der Waals surface area contributed by atoms with Crippen LogP contribution in [0.3, 0.4) is 0 Å². The number of ether oxygens (including phenoxy) is 1. The Bertz CT molecular complexity index is 536. The molecule has 1 aromatic heterocycles. The van der Waals surface area contributed by atoms with Gasteiger partial charge in [-0.2, -0.15) is 0 Å². The predicted octanol–water partition coefficient (Wildman–Crippen LogP) is 2.80. The van der Waals surface area contributed by atoms with Gasteiger partial charge in [0.05, 0.1) is 12.6 Å². The minimum absolute atomic E-state index is 0.139. The maximum absolute atomic E-state index is 5.58. The molecule has 0 amide bonds. The van der Waals surface area contributed by atoms with Crippen molar-refractivity contribution < 1.29 is 4.74 Å². The van der Waals surface area contributed by atoms with E-state index in [0.717, 1.165) is 18.1 Å². The number of rotatable bonds is 8. The monoisotopic (exact) mass is 361 g/mol. The lowest BCUT2D eigenvalue weighted by molar-refractivity contribution is 0.206. The van der Waals surface area contributed by atoms with Crippen LogP contribution in [0.1, 0.15) is 52.5 Å². The number of pyridine rings is 1. The summed E-state index contributed by atoms with van der Waals surface area (Å²) in [4.78, 5) is 11.6. The fourth-order valence-electron chi connectivity index (χ4n) is 3.12. The van der Waals surface area contributed by atoms with Gasteiger partial charge in [0.1, 0.15) is 0 Å². The van der Waals surface area contributed by atoms with Gasteiger partial charge in [-0.15, -0.1) is 0 Å². The van der Waals surface area contributed by atoms with Gasteiger partial charge in [0.25, 0.3) is 0 Å². The number of aromatic nitrogens is 1. The van der Waals surface area contributed by atoms with Crippen molar-refractivity contribution in [2.45, 2.75) is 65.6 Å². The van der Waals surface area contributed by atoms with Crippen molar-refractivity contribution in [3.63, 3.8) is 0 Å². The number of aliphatic imine (C=N–C) groups is 1. The van der Waals surface area contributed by atoms with Crippen LogP contribution in [0.25, 0.3) is 0 Å². The highest BCUT2D eigenvalue weighted by Gasteiger charge is 2.19. The van der Waals surface area contributed by atoms with E-state index in [1.165, 1.54) is 38.9 Å². The molecule has 6 heteroatoms. The van der Waals surface area contributed by atoms with E-state index in [-0.39, 0.29) is 6.10 Å². The number of nitrogens with one attached hydrogen (secondary N) is 2. The lowest BCUT2D eigenvalue weighted by Crippen LogP contribution is -2.48. The van der Waals surface area contributed by atoms with E-state index in [9.17, 15) is 0 Å². The molecule has 2 rings (SSSR count). The molecular weight excluding hydrogens is 326 g/mol. The van der Waals surface area contributed by atoms with Crippen LogP contribution in [0.15, 0.2) is 23.3 Å². The highest BCUT2D eigenvalue weighted by Crippen LogP contribution is 2.12. The second kappa shape index (κ2) is 11.0. The summed E-state index contributed by atoms with van der Waals surface area (Å²) in [5, 5.41) is 6.95. The Labute approximate surface area is 158 Å². The van der Waals surface area contributed by atoms with Crippen LogP contribution in [0, 0.1) is 0 Å². The molecule has 2 N–H and O–H groups in total. The van der Waals surface area contributed by atoms with E-state index < -0.39 is 0 Å². The zero-order chi connectivity index (χ0) is 18.8. The van der Waals surface area contributed by atoms with Crippen LogP contribution in [0.2, 0.25) is 0 Å². The lowest BCUT2D eigenvalue weighted by atomic mass is 10.1. The molecule has 2 heterocycles. The normalized spacial score (nSPS) is 16.7. The minimum Gasteiger partial charge on any atom is -0.475 e. The molecule has 0 aromatic carbocycles. The van der Waals surface area contributed by atoms with Crippen molar-refractivity contribution in [3.05, 3.63) is 23.9 Å². The zero-order valence-corrected chi connectivity index (χ0v) is 16.8. The first kappa shape index (κ1) is 20.5. The van der Waals surface area contributed by atoms with Crippen LogP contribution >= 0.6 is 0 Å². The Morgan fingerprint density at radius 1 is 1.31 bits per heavy atom. The van der Waals surface area contributed by atoms with E-state index in [0.29, 0.717) is 18.5 Å². The van der Waals surface area contributed by atoms with Crippen molar-refractivity contribution in [2.75, 3.05) is 26.2 Å². The van der Waals surface area contributed by atoms with Gasteiger partial charge in [-0.25, -0.2) is 9.98 Å². The Morgan fingerprint density at radius 3 is 2.65 bits per heavy atom. The quantitative estimate of drug-likeness (QED) is 0.551. The Hall–Kier alpha value is -1.82. The van der Waals surface area contributed by atoms with Crippen LogP contribution in [-0.2, 0) is 6.54 Å². The van der Waals surface area contributed by atoms with E-state index in [1.54, 1.807) is 0 Å². The molecular formula is C20H35N5O. The molecule has 0 spiro atoms. The molecule has 1 aromatic rings. The zero-order valence-electron chi connectivity index (χ0n) is 16.8. The maximum atomic E-state index is 5.58. The largest absolute Gasteiger partial charge is 0.475 e. The molecule has 0 aliphatic carbocycles. The van der Waals surface area contributed by atoms with E-state index >= 15 is 0 Å². The fourth-order valence-corrected chi connectivity index (χ4v) is 3.12. The van der Waals surface area contributed by atoms with Gasteiger partial charge in [-0.3, -0.25) is 0 Å². The van der Waals surface area contributed by atoms with Gasteiger partial charge in [0, 0.05) is 37.9 Å². The summed E-state index contributed by atoms with van der Waals surface area (Å²) in [7, 11) is 0. The van der Waals surface area contributed by atoms with Crippen LogP contribution in [-0.4, -0.2) is 54.2 Å². The number of nitrogens with zero attached hydrogens (tertiary/aromatic N) is 3. The highest BCUT2D eigenvalue weighted by atomic mass is 16.5. The first-order valence-electron chi connectivity index (χ1n) is 9.99. The number of hydrogen-bond donors (Lipinski definition) is 2. The van der Waals surface area contributed by atoms with Gasteiger partial charge in [0.2, 0.25) is 5.88 Å². The standard InChI is InChI=1S/C20H35N5O/c1-5-11-25-12-9-18(10-13-25)24-20(21-6-2)23-15-17-7-8-19(22-14-17)26-16(3)4/h7-8,14,16,18H,5-6,9-13,15H2,1-4H3,(H2,21,23,24). The second-order valence-electron chi connectivity index (χ2n) is 7.13. The van der Waals surface area contributed by atoms with E-state index in [2.05, 4.69) is 34.4 Å². The maximum Gasteiger partial charge on any atom is 0.213 e. The van der Waals surface area contributed by atoms with Crippen molar-refractivity contribution in [1.29, 1.82) is 0 Å². The number of hydrogen-bond acceptors (Lipinski definition) is 4. The smallest absolute Gasteiger partial charge is 0.213 e. The first-order chi connectivity index (χ1) is 12.6. The summed E-state index contributed by atoms with van der Waals surface area (Å²) < 4.78 is 5.58. The molecule has 1 fully saturated rings. The molecule has 0 saturated carbocycles. The first-order valence-corrected chi connectivity index (χ1v) is 9.99. The Kier molecular flexibility index (Phi) is 8.68. The SMILES string of the molecule is CCCN1CCC(NC(=NCc2ccc(OC(C)C)nc2)NCC)CC1. The predicted molar refractivity (Wildman–Crippen MR) is 108 cm³/mol. The fraction of sp³-hybridized carbons (Fsp3) is 0.700. The van der Waals surface area contributed by atoms with Crippen molar-refractivity contribution >= 4 is 5.96 Å². The third-order valence-corrected chi connectivity index (χ3v) is 4.39. The summed E-state index contributed by atoms with van der Waals surface area (Å²) >= 11 is 0. The van der Waals surface area contributed by atoms with Crippen molar-refractivity contribution in [2.24, 2.45) is 4.99 Å². The highest BCUT2D eigenvalue weighted by molar-refractivity contribution is 5.80. The molecule has 0 atom stereocenters. The van der Waals surface area contributed by atoms with Gasteiger partial charge < -0.3 is 20.3 Å². The second-order valence-corrected chi connectivity index (χ2v) is 7.13. The molecule has 0 unspecified atom stereocenters. The van der Waals surface area contributed by atoms with Gasteiger partial charge in [-0.1, -0.05) is 13.0 Å². The summed E-state index contributed by atoms with van der Waals surface area (Å²) in [6.07, 6.45) is 5.56. The molecule has 0 bridgehead atoms. The van der Waals surface area contributed by atoms with Crippen LogP contribution < -0.4 is 15.4 Å². The molecule has 6 nitrogen and oxygen atoms in total. The number of likely N-dealkylation sites (tertiary alicyclic amines) is 1. The summed E-state index contributed by atoms with van der Waals surface area (Å²) in [5.74, 6) is 1.56. The van der Waals surface area contributed by atoms with E-state index in [4.69, 9.17) is 9.73 Å². The summed E-state index contributed by atoms with van der Waals surface area (Å²) in [6.45, 7) is 13.4. The molecule has 1 saturated heterocycles. The van der Waals surface area contributed by atoms with Gasteiger partial charge in [0.15, 0.2) is 5.96 Å². The van der Waals surface area contributed by atoms with Crippen LogP contribution in [0.4, 0.5) is 0 Å². The molecule has 1 aliphatic heterocycles. The van der Waals surface area contributed by atoms with Crippen molar-refractivity contribution in [1.82, 2.24) is 20.5 Å². The minimum atomic E-state index is 0.139. The molecule has 26 heavy (non-hydrogen) atoms. The topological polar surface area (TPSA) is 61.8 Å². The average Bonchev–Trinajstić information content (AvgIpc) is 2.62. The van der Waals surface area contributed by atoms with Crippen LogP contribution in [0.5, 0.6) is 5.88 Å².